The molecule has 66 valence electrons. The first-order valence-electron chi connectivity index (χ1n) is 3.47. The fourth-order valence-electron chi connectivity index (χ4n) is 0.815. The van der Waals surface area contributed by atoms with Gasteiger partial charge < -0.3 is 5.32 Å². The molecule has 1 N–H and O–H groups in total. The number of hydrogen-bond donors (Lipinski definition) is 2. The molecule has 0 saturated carbocycles. The van der Waals surface area contributed by atoms with Crippen LogP contribution in [0.25, 0.3) is 0 Å². The van der Waals surface area contributed by atoms with Crippen molar-refractivity contribution in [2.24, 2.45) is 0 Å². The van der Waals surface area contributed by atoms with Crippen molar-refractivity contribution in [3.63, 3.8) is 0 Å². The maximum Gasteiger partial charge on any atom is 0.144 e. The van der Waals surface area contributed by atoms with Crippen LogP contribution in [0, 0.1) is 0 Å². The summed E-state index contributed by atoms with van der Waals surface area (Å²) in [5.41, 5.74) is 0.713. The third kappa shape index (κ3) is 2.50. The number of pyridine rings is 1. The number of thiol groups is 1. The average Bonchev–Trinajstić information content (AvgIpc) is 2.05. The number of rotatable bonds is 3. The largest absolute Gasteiger partial charge is 0.373 e. The van der Waals surface area contributed by atoms with Gasteiger partial charge in [-0.25, -0.2) is 13.4 Å². The van der Waals surface area contributed by atoms with Gasteiger partial charge in [0.25, 0.3) is 0 Å². The molecule has 0 amide bonds. The van der Waals surface area contributed by atoms with Crippen molar-refractivity contribution in [3.05, 3.63) is 23.9 Å². The summed E-state index contributed by atoms with van der Waals surface area (Å²) in [5.74, 6) is 0.798. The summed E-state index contributed by atoms with van der Waals surface area (Å²) in [6.07, 6.45) is 1.55. The normalized spacial score (nSPS) is 10.2. The van der Waals surface area contributed by atoms with Gasteiger partial charge in [0, 0.05) is 13.2 Å². The molecule has 0 bridgehead atoms. The minimum absolute atomic E-state index is 0.0618. The van der Waals surface area contributed by atoms with E-state index >= 15 is 0 Å². The summed E-state index contributed by atoms with van der Waals surface area (Å²) in [4.78, 5) is 3.97. The van der Waals surface area contributed by atoms with Crippen LogP contribution in [0.3, 0.4) is 0 Å². The molecular weight excluding hydrogens is 176 g/mol. The molecule has 0 saturated heterocycles. The van der Waals surface area contributed by atoms with Crippen molar-refractivity contribution < 1.29 is 8.42 Å². The second-order valence-corrected chi connectivity index (χ2v) is 3.27. The zero-order valence-corrected chi connectivity index (χ0v) is 7.54. The highest BCUT2D eigenvalue weighted by Crippen LogP contribution is 2.04. The van der Waals surface area contributed by atoms with E-state index in [1.165, 1.54) is 0 Å². The number of aromatic nitrogens is 1. The third-order valence-corrected chi connectivity index (χ3v) is 2.02. The highest BCUT2D eigenvalue weighted by atomic mass is 32.2. The molecule has 0 atom stereocenters. The summed E-state index contributed by atoms with van der Waals surface area (Å²) >= 11 is 0. The van der Waals surface area contributed by atoms with Crippen LogP contribution in [0.2, 0.25) is 0 Å². The summed E-state index contributed by atoms with van der Waals surface area (Å²) in [6.45, 7) is 0. The van der Waals surface area contributed by atoms with E-state index in [2.05, 4.69) is 10.3 Å². The molecule has 5 heteroatoms. The highest BCUT2D eigenvalue weighted by Gasteiger charge is 1.94. The Hall–Kier alpha value is -1.10. The topological polar surface area (TPSA) is 59.1 Å². The molecule has 12 heavy (non-hydrogen) atoms. The number of nitrogens with zero attached hydrogens (tertiary/aromatic N) is 1. The summed E-state index contributed by atoms with van der Waals surface area (Å²) in [7, 11) is -0.591. The van der Waals surface area contributed by atoms with Crippen molar-refractivity contribution in [3.8, 4) is 0 Å². The van der Waals surface area contributed by atoms with Crippen molar-refractivity contribution >= 4 is 16.5 Å². The van der Waals surface area contributed by atoms with Crippen molar-refractivity contribution in [2.75, 3.05) is 12.4 Å². The Morgan fingerprint density at radius 3 is 2.67 bits per heavy atom. The van der Waals surface area contributed by atoms with Gasteiger partial charge in [-0.05, 0) is 11.6 Å². The second-order valence-electron chi connectivity index (χ2n) is 2.29. The van der Waals surface area contributed by atoms with Crippen LogP contribution in [0.5, 0.6) is 0 Å². The molecular formula is C7H10N2O2S. The van der Waals surface area contributed by atoms with Crippen LogP contribution in [0.15, 0.2) is 18.3 Å². The summed E-state index contributed by atoms with van der Waals surface area (Å²) in [5, 5.41) is 2.85. The first kappa shape index (κ1) is 8.99. The van der Waals surface area contributed by atoms with E-state index in [0.29, 0.717) is 5.56 Å². The number of anilines is 1. The minimum Gasteiger partial charge on any atom is -0.373 e. The molecule has 1 heterocycles. The predicted octanol–water partition coefficient (Wildman–Crippen LogP) is 0.235. The molecule has 0 aliphatic rings. The van der Waals surface area contributed by atoms with Gasteiger partial charge in [-0.2, -0.15) is 0 Å². The fraction of sp³-hybridized carbons (Fsp3) is 0.286. The smallest absolute Gasteiger partial charge is 0.144 e. The zero-order valence-electron chi connectivity index (χ0n) is 6.65. The predicted molar refractivity (Wildman–Crippen MR) is 47.8 cm³/mol. The maximum atomic E-state index is 10.3. The van der Waals surface area contributed by atoms with Crippen LogP contribution in [-0.2, 0) is 16.5 Å². The Morgan fingerprint density at radius 1 is 1.50 bits per heavy atom. The van der Waals surface area contributed by atoms with Gasteiger partial charge in [-0.3, -0.25) is 0 Å². The molecule has 0 aromatic carbocycles. The third-order valence-electron chi connectivity index (χ3n) is 1.39. The standard InChI is InChI=1S/C7H10N2O2S/c1-8-7-3-2-6(4-9-7)5-12(10)11/h2-4,12H,5H2,1H3,(H,8,9). The van der Waals surface area contributed by atoms with E-state index in [1.807, 2.05) is 0 Å². The number of hydrogen-bond acceptors (Lipinski definition) is 4. The number of nitrogens with one attached hydrogen (secondary N) is 1. The SMILES string of the molecule is CNc1ccc(C[SH](=O)=O)cn1. The zero-order chi connectivity index (χ0) is 8.97. The first-order valence-corrected chi connectivity index (χ1v) is 4.83. The Balaban J connectivity index is 2.77. The van der Waals surface area contributed by atoms with Gasteiger partial charge in [-0.1, -0.05) is 6.07 Å². The molecule has 0 fully saturated rings. The van der Waals surface area contributed by atoms with E-state index < -0.39 is 10.7 Å². The maximum absolute atomic E-state index is 10.3. The lowest BCUT2D eigenvalue weighted by molar-refractivity contribution is 0.614. The molecule has 0 spiro atoms. The van der Waals surface area contributed by atoms with Crippen molar-refractivity contribution in [1.29, 1.82) is 0 Å². The van der Waals surface area contributed by atoms with Crippen molar-refractivity contribution in [1.82, 2.24) is 4.98 Å². The van der Waals surface area contributed by atoms with E-state index in [-0.39, 0.29) is 5.75 Å². The van der Waals surface area contributed by atoms with Crippen LogP contribution in [0.4, 0.5) is 5.82 Å². The van der Waals surface area contributed by atoms with Crippen molar-refractivity contribution in [2.45, 2.75) is 5.75 Å². The van der Waals surface area contributed by atoms with E-state index in [4.69, 9.17) is 0 Å². The van der Waals surface area contributed by atoms with Gasteiger partial charge in [0.05, 0.1) is 5.75 Å². The fourth-order valence-corrected chi connectivity index (χ4v) is 1.30. The Bertz CT molecular complexity index is 311. The second kappa shape index (κ2) is 4.06. The van der Waals surface area contributed by atoms with Gasteiger partial charge in [0.2, 0.25) is 0 Å². The Morgan fingerprint density at radius 2 is 2.25 bits per heavy atom. The lowest BCUT2D eigenvalue weighted by atomic mass is 10.3. The molecule has 4 nitrogen and oxygen atoms in total. The lowest BCUT2D eigenvalue weighted by Gasteiger charge is -1.98. The Kier molecular flexibility index (Phi) is 3.04. The highest BCUT2D eigenvalue weighted by molar-refractivity contribution is 7.71. The van der Waals surface area contributed by atoms with E-state index in [9.17, 15) is 8.42 Å². The Labute approximate surface area is 72.6 Å². The van der Waals surface area contributed by atoms with E-state index in [0.717, 1.165) is 5.82 Å². The van der Waals surface area contributed by atoms with E-state index in [1.54, 1.807) is 25.4 Å². The summed E-state index contributed by atoms with van der Waals surface area (Å²) < 4.78 is 20.6. The quantitative estimate of drug-likeness (QED) is 0.664. The average molecular weight is 186 g/mol. The molecule has 1 aromatic rings. The van der Waals surface area contributed by atoms with Crippen LogP contribution in [0.1, 0.15) is 5.56 Å². The van der Waals surface area contributed by atoms with Gasteiger partial charge in [0.1, 0.15) is 16.5 Å². The van der Waals surface area contributed by atoms with Gasteiger partial charge in [0.15, 0.2) is 0 Å². The molecule has 0 radical (unpaired) electrons. The monoisotopic (exact) mass is 186 g/mol. The van der Waals surface area contributed by atoms with Crippen LogP contribution >= 0.6 is 0 Å². The summed E-state index contributed by atoms with van der Waals surface area (Å²) in [6, 6.07) is 3.48. The molecule has 0 aliphatic carbocycles. The van der Waals surface area contributed by atoms with Gasteiger partial charge >= 0.3 is 0 Å². The molecule has 1 rings (SSSR count). The minimum atomic E-state index is -2.35. The van der Waals surface area contributed by atoms with Gasteiger partial charge in [-0.15, -0.1) is 0 Å². The van der Waals surface area contributed by atoms with Crippen LogP contribution in [-0.4, -0.2) is 20.4 Å². The first-order chi connectivity index (χ1) is 5.72. The van der Waals surface area contributed by atoms with Crippen LogP contribution < -0.4 is 5.32 Å². The molecule has 0 aliphatic heterocycles. The molecule has 0 unspecified atom stereocenters. The lowest BCUT2D eigenvalue weighted by Crippen LogP contribution is -1.93. The molecule has 1 aromatic heterocycles.